The maximum atomic E-state index is 10.9. The molecule has 4 nitrogen and oxygen atoms in total. The van der Waals surface area contributed by atoms with Crippen LogP contribution >= 0.6 is 15.9 Å². The molecule has 2 bridgehead atoms. The number of carboxylic acids is 1. The average molecular weight is 340 g/mol. The highest BCUT2D eigenvalue weighted by atomic mass is 79.9. The van der Waals surface area contributed by atoms with Crippen LogP contribution in [0.15, 0.2) is 22.7 Å². The quantitative estimate of drug-likeness (QED) is 0.888. The molecule has 2 saturated heterocycles. The predicted molar refractivity (Wildman–Crippen MR) is 78.7 cm³/mol. The first-order valence-electron chi connectivity index (χ1n) is 7.00. The molecule has 0 saturated carbocycles. The van der Waals surface area contributed by atoms with Crippen molar-refractivity contribution >= 4 is 21.9 Å². The van der Waals surface area contributed by atoms with Crippen LogP contribution in [-0.4, -0.2) is 39.3 Å². The first-order valence-corrected chi connectivity index (χ1v) is 7.79. The monoisotopic (exact) mass is 339 g/mol. The Balaban J connectivity index is 1.77. The molecule has 0 aliphatic carbocycles. The molecule has 1 aromatic rings. The summed E-state index contributed by atoms with van der Waals surface area (Å²) in [5, 5.41) is 18.8. The number of aromatic carboxylic acids is 1. The van der Waals surface area contributed by atoms with Crippen LogP contribution in [0.4, 0.5) is 0 Å². The third kappa shape index (κ3) is 2.62. The van der Waals surface area contributed by atoms with Crippen LogP contribution < -0.4 is 0 Å². The SMILES string of the molecule is O=C(O)c1ccc(CN2C3CCC2CC(O)C3)c(Br)c1. The summed E-state index contributed by atoms with van der Waals surface area (Å²) < 4.78 is 0.850. The highest BCUT2D eigenvalue weighted by Crippen LogP contribution is 2.37. The second-order valence-electron chi connectivity index (χ2n) is 5.79. The van der Waals surface area contributed by atoms with Gasteiger partial charge in [-0.25, -0.2) is 4.79 Å². The molecule has 2 atom stereocenters. The molecule has 0 spiro atoms. The van der Waals surface area contributed by atoms with Crippen molar-refractivity contribution in [3.63, 3.8) is 0 Å². The number of hydrogen-bond acceptors (Lipinski definition) is 3. The van der Waals surface area contributed by atoms with E-state index in [1.807, 2.05) is 6.07 Å². The lowest BCUT2D eigenvalue weighted by molar-refractivity contribution is 0.0309. The van der Waals surface area contributed by atoms with Crippen molar-refractivity contribution < 1.29 is 15.0 Å². The van der Waals surface area contributed by atoms with Crippen LogP contribution in [0.5, 0.6) is 0 Å². The second-order valence-corrected chi connectivity index (χ2v) is 6.65. The van der Waals surface area contributed by atoms with E-state index in [2.05, 4.69) is 20.8 Å². The number of benzene rings is 1. The minimum absolute atomic E-state index is 0.151. The van der Waals surface area contributed by atoms with Crippen molar-refractivity contribution in [3.8, 4) is 0 Å². The van der Waals surface area contributed by atoms with E-state index >= 15 is 0 Å². The number of halogens is 1. The van der Waals surface area contributed by atoms with Gasteiger partial charge >= 0.3 is 5.97 Å². The Morgan fingerprint density at radius 3 is 2.50 bits per heavy atom. The second kappa shape index (κ2) is 5.47. The minimum atomic E-state index is -0.904. The molecular formula is C15H18BrNO3. The number of fused-ring (bicyclic) bond motifs is 2. The number of nitrogens with zero attached hydrogens (tertiary/aromatic N) is 1. The van der Waals surface area contributed by atoms with E-state index in [1.165, 1.54) is 0 Å². The summed E-state index contributed by atoms with van der Waals surface area (Å²) in [5.74, 6) is -0.904. The standard InChI is InChI=1S/C15H18BrNO3/c16-14-5-9(15(19)20)1-2-10(14)8-17-11-3-4-12(17)7-13(18)6-11/h1-2,5,11-13,18H,3-4,6-8H2,(H,19,20). The zero-order valence-electron chi connectivity index (χ0n) is 11.1. The molecule has 20 heavy (non-hydrogen) atoms. The molecule has 2 unspecified atom stereocenters. The Bertz CT molecular complexity index is 520. The van der Waals surface area contributed by atoms with Gasteiger partial charge in [0, 0.05) is 23.1 Å². The van der Waals surface area contributed by atoms with Gasteiger partial charge in [-0.05, 0) is 43.4 Å². The molecule has 3 rings (SSSR count). The lowest BCUT2D eigenvalue weighted by atomic mass is 9.99. The van der Waals surface area contributed by atoms with Gasteiger partial charge in [0.2, 0.25) is 0 Å². The van der Waals surface area contributed by atoms with Gasteiger partial charge in [0.15, 0.2) is 0 Å². The summed E-state index contributed by atoms with van der Waals surface area (Å²) >= 11 is 3.48. The number of carboxylic acid groups (broad SMARTS) is 1. The fourth-order valence-corrected chi connectivity index (χ4v) is 4.01. The minimum Gasteiger partial charge on any atom is -0.478 e. The average Bonchev–Trinajstić information content (AvgIpc) is 2.63. The summed E-state index contributed by atoms with van der Waals surface area (Å²) in [6.45, 7) is 0.822. The summed E-state index contributed by atoms with van der Waals surface area (Å²) in [7, 11) is 0. The van der Waals surface area contributed by atoms with Crippen LogP contribution in [0.2, 0.25) is 0 Å². The molecule has 0 aromatic heterocycles. The van der Waals surface area contributed by atoms with E-state index < -0.39 is 5.97 Å². The van der Waals surface area contributed by atoms with Gasteiger partial charge in [-0.1, -0.05) is 22.0 Å². The lowest BCUT2D eigenvalue weighted by Gasteiger charge is -2.37. The fourth-order valence-electron chi connectivity index (χ4n) is 3.51. The first-order chi connectivity index (χ1) is 9.54. The molecule has 2 aliphatic rings. The Morgan fingerprint density at radius 1 is 1.30 bits per heavy atom. The Kier molecular flexibility index (Phi) is 3.84. The van der Waals surface area contributed by atoms with Crippen molar-refractivity contribution in [3.05, 3.63) is 33.8 Å². The number of piperidine rings is 1. The van der Waals surface area contributed by atoms with Gasteiger partial charge in [-0.3, -0.25) is 4.90 Å². The van der Waals surface area contributed by atoms with Crippen molar-refractivity contribution in [1.29, 1.82) is 0 Å². The molecule has 108 valence electrons. The maximum Gasteiger partial charge on any atom is 0.335 e. The molecule has 2 fully saturated rings. The maximum absolute atomic E-state index is 10.9. The normalized spacial score (nSPS) is 29.6. The molecule has 1 aromatic carbocycles. The van der Waals surface area contributed by atoms with E-state index in [9.17, 15) is 9.90 Å². The molecule has 2 N–H and O–H groups in total. The summed E-state index contributed by atoms with van der Waals surface area (Å²) in [6, 6.07) is 6.14. The molecular weight excluding hydrogens is 322 g/mol. The van der Waals surface area contributed by atoms with E-state index in [-0.39, 0.29) is 6.10 Å². The van der Waals surface area contributed by atoms with E-state index in [4.69, 9.17) is 5.11 Å². The van der Waals surface area contributed by atoms with Crippen LogP contribution in [0.1, 0.15) is 41.6 Å². The van der Waals surface area contributed by atoms with Crippen LogP contribution in [0.3, 0.4) is 0 Å². The Morgan fingerprint density at radius 2 is 1.95 bits per heavy atom. The van der Waals surface area contributed by atoms with Gasteiger partial charge in [-0.15, -0.1) is 0 Å². The van der Waals surface area contributed by atoms with Crippen LogP contribution in [0, 0.1) is 0 Å². The topological polar surface area (TPSA) is 60.8 Å². The van der Waals surface area contributed by atoms with Crippen molar-refractivity contribution in [2.75, 3.05) is 0 Å². The molecule has 2 aliphatic heterocycles. The van der Waals surface area contributed by atoms with Gasteiger partial charge in [0.1, 0.15) is 0 Å². The van der Waals surface area contributed by atoms with E-state index in [0.29, 0.717) is 17.6 Å². The smallest absolute Gasteiger partial charge is 0.335 e. The third-order valence-corrected chi connectivity index (χ3v) is 5.25. The highest BCUT2D eigenvalue weighted by Gasteiger charge is 2.40. The van der Waals surface area contributed by atoms with Gasteiger partial charge < -0.3 is 10.2 Å². The van der Waals surface area contributed by atoms with Gasteiger partial charge in [0.05, 0.1) is 11.7 Å². The highest BCUT2D eigenvalue weighted by molar-refractivity contribution is 9.10. The number of aliphatic hydroxyl groups is 1. The Hall–Kier alpha value is -0.910. The number of carbonyl (C=O) groups is 1. The molecule has 0 amide bonds. The number of hydrogen-bond donors (Lipinski definition) is 2. The van der Waals surface area contributed by atoms with Crippen molar-refractivity contribution in [2.45, 2.75) is 50.4 Å². The number of aliphatic hydroxyl groups excluding tert-OH is 1. The van der Waals surface area contributed by atoms with E-state index in [1.54, 1.807) is 12.1 Å². The predicted octanol–water partition coefficient (Wildman–Crippen LogP) is 2.64. The molecule has 0 radical (unpaired) electrons. The van der Waals surface area contributed by atoms with Crippen LogP contribution in [0.25, 0.3) is 0 Å². The zero-order valence-corrected chi connectivity index (χ0v) is 12.7. The van der Waals surface area contributed by atoms with Gasteiger partial charge in [-0.2, -0.15) is 0 Å². The lowest BCUT2D eigenvalue weighted by Crippen LogP contribution is -2.44. The van der Waals surface area contributed by atoms with Crippen LogP contribution in [-0.2, 0) is 6.54 Å². The van der Waals surface area contributed by atoms with Crippen molar-refractivity contribution in [2.24, 2.45) is 0 Å². The number of rotatable bonds is 3. The zero-order chi connectivity index (χ0) is 14.3. The molecule has 5 heteroatoms. The van der Waals surface area contributed by atoms with Crippen molar-refractivity contribution in [1.82, 2.24) is 4.90 Å². The summed E-state index contributed by atoms with van der Waals surface area (Å²) in [5.41, 5.74) is 1.42. The summed E-state index contributed by atoms with van der Waals surface area (Å²) in [6.07, 6.45) is 3.89. The third-order valence-electron chi connectivity index (χ3n) is 4.51. The van der Waals surface area contributed by atoms with Gasteiger partial charge in [0.25, 0.3) is 0 Å². The van der Waals surface area contributed by atoms with E-state index in [0.717, 1.165) is 42.3 Å². The first kappa shape index (κ1) is 14.0. The summed E-state index contributed by atoms with van der Waals surface area (Å²) in [4.78, 5) is 13.4. The molecule has 2 heterocycles. The fraction of sp³-hybridized carbons (Fsp3) is 0.533. The largest absolute Gasteiger partial charge is 0.478 e. The Labute approximate surface area is 126 Å².